The molecule has 5 N–H and O–H groups in total. The maximum Gasteiger partial charge on any atom is 0.248 e. The van der Waals surface area contributed by atoms with E-state index in [1.807, 2.05) is 24.3 Å². The third kappa shape index (κ3) is 7.13. The number of H-pyrrole nitrogens is 1. The lowest BCUT2D eigenvalue weighted by atomic mass is 9.88. The largest absolute Gasteiger partial charge is 0.508 e. The zero-order valence-electron chi connectivity index (χ0n) is 24.3. The molecule has 1 fully saturated rings. The summed E-state index contributed by atoms with van der Waals surface area (Å²) in [6, 6.07) is 20.8. The summed E-state index contributed by atoms with van der Waals surface area (Å²) in [5, 5.41) is 35.0. The minimum Gasteiger partial charge on any atom is -0.508 e. The molecule has 222 valence electrons. The van der Waals surface area contributed by atoms with Gasteiger partial charge in [-0.25, -0.2) is 0 Å². The van der Waals surface area contributed by atoms with Crippen LogP contribution >= 0.6 is 0 Å². The van der Waals surface area contributed by atoms with Gasteiger partial charge in [0.1, 0.15) is 17.2 Å². The fourth-order valence-electron chi connectivity index (χ4n) is 5.57. The van der Waals surface area contributed by atoms with Crippen molar-refractivity contribution in [2.75, 3.05) is 32.8 Å². The van der Waals surface area contributed by atoms with Crippen molar-refractivity contribution in [3.05, 3.63) is 99.3 Å². The lowest BCUT2D eigenvalue weighted by Gasteiger charge is -2.42. The molecule has 2 heterocycles. The van der Waals surface area contributed by atoms with Crippen LogP contribution in [0.15, 0.2) is 71.5 Å². The van der Waals surface area contributed by atoms with Gasteiger partial charge in [-0.1, -0.05) is 30.3 Å². The van der Waals surface area contributed by atoms with Crippen molar-refractivity contribution < 1.29 is 20.1 Å². The molecule has 1 aliphatic heterocycles. The van der Waals surface area contributed by atoms with Crippen LogP contribution in [0.2, 0.25) is 0 Å². The first-order valence-corrected chi connectivity index (χ1v) is 14.8. The van der Waals surface area contributed by atoms with Crippen molar-refractivity contribution in [3.8, 4) is 17.2 Å². The summed E-state index contributed by atoms with van der Waals surface area (Å²) in [5.74, 6) is 1.64. The van der Waals surface area contributed by atoms with Crippen LogP contribution in [0.3, 0.4) is 0 Å². The Balaban J connectivity index is 1.02. The fourth-order valence-corrected chi connectivity index (χ4v) is 5.57. The predicted octanol–water partition coefficient (Wildman–Crippen LogP) is 4.62. The third-order valence-electron chi connectivity index (χ3n) is 8.17. The Kier molecular flexibility index (Phi) is 9.47. The summed E-state index contributed by atoms with van der Waals surface area (Å²) in [6.07, 6.45) is 1.82. The molecule has 1 aliphatic rings. The second kappa shape index (κ2) is 13.4. The van der Waals surface area contributed by atoms with Gasteiger partial charge < -0.3 is 30.4 Å². The van der Waals surface area contributed by atoms with Crippen LogP contribution < -0.4 is 15.6 Å². The maximum absolute atomic E-state index is 11.6. The number of aryl methyl sites for hydroxylation is 1. The van der Waals surface area contributed by atoms with Crippen molar-refractivity contribution >= 4 is 10.9 Å². The number of nitrogens with one attached hydrogen (secondary N) is 2. The van der Waals surface area contributed by atoms with Crippen LogP contribution in [-0.4, -0.2) is 64.0 Å². The van der Waals surface area contributed by atoms with Crippen LogP contribution in [0.1, 0.15) is 54.5 Å². The van der Waals surface area contributed by atoms with Gasteiger partial charge in [0, 0.05) is 43.0 Å². The van der Waals surface area contributed by atoms with Crippen molar-refractivity contribution in [2.45, 2.75) is 51.2 Å². The molecule has 1 saturated heterocycles. The molecule has 3 aromatic carbocycles. The van der Waals surface area contributed by atoms with Gasteiger partial charge in [0.2, 0.25) is 5.56 Å². The van der Waals surface area contributed by atoms with E-state index in [1.165, 1.54) is 23.3 Å². The summed E-state index contributed by atoms with van der Waals surface area (Å²) in [7, 11) is 0. The molecule has 0 radical (unpaired) electrons. The minimum absolute atomic E-state index is 0.0207. The van der Waals surface area contributed by atoms with Crippen molar-refractivity contribution in [3.63, 3.8) is 0 Å². The Hall–Kier alpha value is -3.85. The van der Waals surface area contributed by atoms with E-state index >= 15 is 0 Å². The summed E-state index contributed by atoms with van der Waals surface area (Å²) >= 11 is 0. The molecule has 4 aromatic rings. The Bertz CT molecular complexity index is 1540. The summed E-state index contributed by atoms with van der Waals surface area (Å²) < 4.78 is 5.97. The second-order valence-corrected chi connectivity index (χ2v) is 11.5. The van der Waals surface area contributed by atoms with E-state index in [0.717, 1.165) is 43.7 Å². The number of likely N-dealkylation sites (tertiary alicyclic amines) is 1. The number of aromatic hydroxyl groups is 2. The number of aliphatic hydroxyl groups excluding tert-OH is 1. The SMILES string of the molecule is CC(C)N1CC(c2cc(CCCOc3ccc(CCNC[C@H](O)c4ccc(O)c5[nH]c(=O)ccc45)cc3)ccc2O)C1. The number of aromatic nitrogens is 1. The average Bonchev–Trinajstić information content (AvgIpc) is 2.95. The predicted molar refractivity (Wildman–Crippen MR) is 166 cm³/mol. The van der Waals surface area contributed by atoms with Crippen LogP contribution in [0.25, 0.3) is 10.9 Å². The highest BCUT2D eigenvalue weighted by Crippen LogP contribution is 2.35. The molecule has 8 heteroatoms. The van der Waals surface area contributed by atoms with E-state index in [4.69, 9.17) is 4.74 Å². The van der Waals surface area contributed by atoms with E-state index in [-0.39, 0.29) is 11.3 Å². The van der Waals surface area contributed by atoms with Gasteiger partial charge in [-0.3, -0.25) is 9.69 Å². The number of nitrogens with zero attached hydrogens (tertiary/aromatic N) is 1. The lowest BCUT2D eigenvalue weighted by Crippen LogP contribution is -2.48. The molecule has 0 aliphatic carbocycles. The number of fused-ring (bicyclic) bond motifs is 1. The molecule has 0 unspecified atom stereocenters. The normalized spacial score (nSPS) is 14.8. The van der Waals surface area contributed by atoms with Gasteiger partial charge in [-0.2, -0.15) is 0 Å². The van der Waals surface area contributed by atoms with E-state index in [9.17, 15) is 20.1 Å². The van der Waals surface area contributed by atoms with Crippen molar-refractivity contribution in [1.29, 1.82) is 0 Å². The van der Waals surface area contributed by atoms with Gasteiger partial charge in [-0.15, -0.1) is 0 Å². The quantitative estimate of drug-likeness (QED) is 0.149. The smallest absolute Gasteiger partial charge is 0.248 e. The highest BCUT2D eigenvalue weighted by Gasteiger charge is 2.31. The molecule has 8 nitrogen and oxygen atoms in total. The highest BCUT2D eigenvalue weighted by molar-refractivity contribution is 5.87. The second-order valence-electron chi connectivity index (χ2n) is 11.5. The number of ether oxygens (including phenoxy) is 1. The number of hydrogen-bond acceptors (Lipinski definition) is 7. The number of aromatic amines is 1. The Morgan fingerprint density at radius 2 is 1.69 bits per heavy atom. The van der Waals surface area contributed by atoms with Crippen LogP contribution in [0.4, 0.5) is 0 Å². The summed E-state index contributed by atoms with van der Waals surface area (Å²) in [4.78, 5) is 16.7. The van der Waals surface area contributed by atoms with E-state index < -0.39 is 6.10 Å². The first-order chi connectivity index (χ1) is 20.3. The number of pyridine rings is 1. The van der Waals surface area contributed by atoms with Gasteiger partial charge in [0.05, 0.1) is 18.2 Å². The maximum atomic E-state index is 11.6. The lowest BCUT2D eigenvalue weighted by molar-refractivity contribution is 0.108. The van der Waals surface area contributed by atoms with Crippen LogP contribution in [0, 0.1) is 0 Å². The number of hydrogen-bond donors (Lipinski definition) is 5. The van der Waals surface area contributed by atoms with Crippen LogP contribution in [0.5, 0.6) is 17.2 Å². The Labute approximate surface area is 246 Å². The molecule has 42 heavy (non-hydrogen) atoms. The molecular weight excluding hydrogens is 530 g/mol. The topological polar surface area (TPSA) is 118 Å². The molecule has 1 aromatic heterocycles. The van der Waals surface area contributed by atoms with E-state index in [2.05, 4.69) is 47.2 Å². The first-order valence-electron chi connectivity index (χ1n) is 14.8. The molecule has 5 rings (SSSR count). The Morgan fingerprint density at radius 3 is 2.45 bits per heavy atom. The van der Waals surface area contributed by atoms with Gasteiger partial charge in [-0.05, 0) is 92.2 Å². The molecule has 0 saturated carbocycles. The third-order valence-corrected chi connectivity index (χ3v) is 8.17. The van der Waals surface area contributed by atoms with E-state index in [0.29, 0.717) is 53.9 Å². The monoisotopic (exact) mass is 571 g/mol. The fraction of sp³-hybridized carbons (Fsp3) is 0.382. The van der Waals surface area contributed by atoms with Gasteiger partial charge in [0.15, 0.2) is 0 Å². The standard InChI is InChI=1S/C34H41N3O5/c1-22(2)37-20-25(21-37)29-18-24(7-12-30(29)38)4-3-17-42-26-8-5-23(6-9-26)15-16-35-19-32(40)27-10-13-31(39)34-28(27)11-14-33(41)36-34/h5-14,18,22,25,32,35,38-40H,3-4,15-17,19-21H2,1-2H3,(H,36,41)/t32-/m0/s1. The number of aliphatic hydroxyl groups is 1. The highest BCUT2D eigenvalue weighted by atomic mass is 16.5. The first kappa shape index (κ1) is 29.6. The van der Waals surface area contributed by atoms with Gasteiger partial charge in [0.25, 0.3) is 0 Å². The zero-order chi connectivity index (χ0) is 29.6. The Morgan fingerprint density at radius 1 is 0.952 bits per heavy atom. The minimum atomic E-state index is -0.781. The summed E-state index contributed by atoms with van der Waals surface area (Å²) in [5.41, 5.74) is 4.14. The number of rotatable bonds is 13. The molecule has 1 atom stereocenters. The number of phenols is 2. The summed E-state index contributed by atoms with van der Waals surface area (Å²) in [6.45, 7) is 8.09. The molecular formula is C34H41N3O5. The zero-order valence-corrected chi connectivity index (χ0v) is 24.3. The van der Waals surface area contributed by atoms with Crippen molar-refractivity contribution in [2.24, 2.45) is 0 Å². The van der Waals surface area contributed by atoms with Gasteiger partial charge >= 0.3 is 0 Å². The van der Waals surface area contributed by atoms with Crippen molar-refractivity contribution in [1.82, 2.24) is 15.2 Å². The average molecular weight is 572 g/mol. The molecule has 0 spiro atoms. The molecule has 0 amide bonds. The van der Waals surface area contributed by atoms with E-state index in [1.54, 1.807) is 12.1 Å². The number of benzene rings is 3. The molecule has 0 bridgehead atoms. The van der Waals surface area contributed by atoms with Crippen LogP contribution in [-0.2, 0) is 12.8 Å². The number of phenolic OH excluding ortho intramolecular Hbond substituents is 2.